The van der Waals surface area contributed by atoms with E-state index in [0.29, 0.717) is 5.41 Å². The maximum Gasteiger partial charge on any atom is 0.0406 e. The van der Waals surface area contributed by atoms with Gasteiger partial charge in [0.15, 0.2) is 0 Å². The molecule has 1 saturated heterocycles. The zero-order chi connectivity index (χ0) is 10.0. The molecule has 76 valence electrons. The topological polar surface area (TPSA) is 12.0 Å². The van der Waals surface area contributed by atoms with E-state index in [2.05, 4.69) is 24.4 Å². The second kappa shape index (κ2) is 3.92. The molecule has 1 heterocycles. The van der Waals surface area contributed by atoms with Crippen molar-refractivity contribution in [3.63, 3.8) is 0 Å². The van der Waals surface area contributed by atoms with Crippen LogP contribution in [0.15, 0.2) is 24.3 Å². The van der Waals surface area contributed by atoms with Crippen molar-refractivity contribution in [1.82, 2.24) is 5.32 Å². The predicted molar refractivity (Wildman–Crippen MR) is 60.9 cm³/mol. The van der Waals surface area contributed by atoms with E-state index in [4.69, 9.17) is 11.6 Å². The number of hydrogen-bond acceptors (Lipinski definition) is 1. The Morgan fingerprint density at radius 1 is 1.14 bits per heavy atom. The molecule has 0 saturated carbocycles. The van der Waals surface area contributed by atoms with E-state index in [9.17, 15) is 0 Å². The molecule has 0 bridgehead atoms. The number of rotatable bonds is 1. The molecule has 2 heteroatoms. The van der Waals surface area contributed by atoms with E-state index in [-0.39, 0.29) is 0 Å². The Morgan fingerprint density at radius 3 is 2.29 bits per heavy atom. The summed E-state index contributed by atoms with van der Waals surface area (Å²) in [6, 6.07) is 8.30. The van der Waals surface area contributed by atoms with Gasteiger partial charge >= 0.3 is 0 Å². The number of piperidine rings is 1. The Balaban J connectivity index is 2.23. The summed E-state index contributed by atoms with van der Waals surface area (Å²) in [5, 5.41) is 4.22. The maximum atomic E-state index is 5.88. The molecule has 1 aromatic rings. The van der Waals surface area contributed by atoms with Gasteiger partial charge in [0, 0.05) is 5.02 Å². The van der Waals surface area contributed by atoms with Gasteiger partial charge in [-0.1, -0.05) is 30.7 Å². The van der Waals surface area contributed by atoms with E-state index in [1.165, 1.54) is 18.4 Å². The minimum Gasteiger partial charge on any atom is -0.317 e. The summed E-state index contributed by atoms with van der Waals surface area (Å²) in [6.07, 6.45) is 2.43. The second-order valence-corrected chi connectivity index (χ2v) is 4.75. The molecule has 1 fully saturated rings. The molecular weight excluding hydrogens is 194 g/mol. The molecule has 1 aliphatic rings. The fourth-order valence-electron chi connectivity index (χ4n) is 2.12. The van der Waals surface area contributed by atoms with Crippen molar-refractivity contribution in [1.29, 1.82) is 0 Å². The molecule has 0 amide bonds. The van der Waals surface area contributed by atoms with Gasteiger partial charge in [0.05, 0.1) is 0 Å². The first-order valence-electron chi connectivity index (χ1n) is 5.17. The van der Waals surface area contributed by atoms with Gasteiger partial charge in [-0.3, -0.25) is 0 Å². The Bertz CT molecular complexity index is 299. The minimum atomic E-state index is 0.343. The first kappa shape index (κ1) is 10.0. The minimum absolute atomic E-state index is 0.343. The zero-order valence-corrected chi connectivity index (χ0v) is 9.27. The summed E-state index contributed by atoms with van der Waals surface area (Å²) >= 11 is 5.88. The Hall–Kier alpha value is -0.530. The van der Waals surface area contributed by atoms with Gasteiger partial charge in [0.2, 0.25) is 0 Å². The molecule has 0 radical (unpaired) electrons. The fraction of sp³-hybridized carbons (Fsp3) is 0.500. The van der Waals surface area contributed by atoms with E-state index < -0.39 is 0 Å². The van der Waals surface area contributed by atoms with Gasteiger partial charge in [0.1, 0.15) is 0 Å². The smallest absolute Gasteiger partial charge is 0.0406 e. The Labute approximate surface area is 90.5 Å². The lowest BCUT2D eigenvalue weighted by Gasteiger charge is -2.34. The van der Waals surface area contributed by atoms with Gasteiger partial charge in [-0.25, -0.2) is 0 Å². The van der Waals surface area contributed by atoms with Crippen LogP contribution in [-0.4, -0.2) is 13.1 Å². The van der Waals surface area contributed by atoms with Gasteiger partial charge < -0.3 is 5.32 Å². The first-order valence-corrected chi connectivity index (χ1v) is 5.55. The standard InChI is InChI=1S/C12H16ClN/c1-12(6-8-14-9-7-12)10-2-4-11(13)5-3-10/h2-5,14H,6-9H2,1H3. The highest BCUT2D eigenvalue weighted by molar-refractivity contribution is 6.30. The third-order valence-corrected chi connectivity index (χ3v) is 3.50. The van der Waals surface area contributed by atoms with Crippen LogP contribution >= 0.6 is 11.6 Å². The molecule has 1 nitrogen and oxygen atoms in total. The second-order valence-electron chi connectivity index (χ2n) is 4.32. The van der Waals surface area contributed by atoms with E-state index in [1.54, 1.807) is 0 Å². The summed E-state index contributed by atoms with van der Waals surface area (Å²) in [7, 11) is 0. The molecule has 14 heavy (non-hydrogen) atoms. The summed E-state index contributed by atoms with van der Waals surface area (Å²) in [5.41, 5.74) is 1.76. The van der Waals surface area contributed by atoms with Gasteiger partial charge in [-0.05, 0) is 49.0 Å². The Kier molecular flexibility index (Phi) is 2.80. The van der Waals surface area contributed by atoms with Crippen molar-refractivity contribution in [2.45, 2.75) is 25.2 Å². The molecule has 0 atom stereocenters. The van der Waals surface area contributed by atoms with Crippen LogP contribution in [0, 0.1) is 0 Å². The van der Waals surface area contributed by atoms with Gasteiger partial charge in [-0.15, -0.1) is 0 Å². The van der Waals surface area contributed by atoms with E-state index in [1.807, 2.05) is 12.1 Å². The number of hydrogen-bond donors (Lipinski definition) is 1. The Morgan fingerprint density at radius 2 is 1.71 bits per heavy atom. The molecule has 0 aliphatic carbocycles. The largest absolute Gasteiger partial charge is 0.317 e. The zero-order valence-electron chi connectivity index (χ0n) is 8.52. The normalized spacial score (nSPS) is 20.7. The molecule has 1 aliphatic heterocycles. The van der Waals surface area contributed by atoms with Crippen molar-refractivity contribution in [3.8, 4) is 0 Å². The summed E-state index contributed by atoms with van der Waals surface area (Å²) in [5.74, 6) is 0. The van der Waals surface area contributed by atoms with Crippen LogP contribution in [0.2, 0.25) is 5.02 Å². The monoisotopic (exact) mass is 209 g/mol. The maximum absolute atomic E-state index is 5.88. The molecule has 1 N–H and O–H groups in total. The predicted octanol–water partition coefficient (Wildman–Crippen LogP) is 2.98. The first-order chi connectivity index (χ1) is 6.71. The number of nitrogens with one attached hydrogen (secondary N) is 1. The van der Waals surface area contributed by atoms with Crippen molar-refractivity contribution in [2.75, 3.05) is 13.1 Å². The van der Waals surface area contributed by atoms with Crippen LogP contribution < -0.4 is 5.32 Å². The summed E-state index contributed by atoms with van der Waals surface area (Å²) < 4.78 is 0. The molecule has 1 aromatic carbocycles. The van der Waals surface area contributed by atoms with Crippen LogP contribution in [0.4, 0.5) is 0 Å². The molecule has 0 spiro atoms. The van der Waals surface area contributed by atoms with Crippen LogP contribution in [-0.2, 0) is 5.41 Å². The van der Waals surface area contributed by atoms with E-state index >= 15 is 0 Å². The average molecular weight is 210 g/mol. The number of benzene rings is 1. The number of halogens is 1. The third-order valence-electron chi connectivity index (χ3n) is 3.25. The highest BCUT2D eigenvalue weighted by Gasteiger charge is 2.28. The van der Waals surface area contributed by atoms with Crippen molar-refractivity contribution >= 4 is 11.6 Å². The lowest BCUT2D eigenvalue weighted by molar-refractivity contribution is 0.335. The average Bonchev–Trinajstić information content (AvgIpc) is 2.19. The highest BCUT2D eigenvalue weighted by atomic mass is 35.5. The quantitative estimate of drug-likeness (QED) is 0.750. The van der Waals surface area contributed by atoms with Crippen LogP contribution in [0.3, 0.4) is 0 Å². The molecule has 2 rings (SSSR count). The third kappa shape index (κ3) is 1.94. The van der Waals surface area contributed by atoms with Crippen LogP contribution in [0.5, 0.6) is 0 Å². The fourth-order valence-corrected chi connectivity index (χ4v) is 2.25. The highest BCUT2D eigenvalue weighted by Crippen LogP contribution is 2.33. The molecule has 0 aromatic heterocycles. The molecular formula is C12H16ClN. The van der Waals surface area contributed by atoms with E-state index in [0.717, 1.165) is 18.1 Å². The lowest BCUT2D eigenvalue weighted by Crippen LogP contribution is -2.37. The van der Waals surface area contributed by atoms with Gasteiger partial charge in [-0.2, -0.15) is 0 Å². The summed E-state index contributed by atoms with van der Waals surface area (Å²) in [6.45, 7) is 4.59. The van der Waals surface area contributed by atoms with Crippen LogP contribution in [0.1, 0.15) is 25.3 Å². The SMILES string of the molecule is CC1(c2ccc(Cl)cc2)CCNCC1. The lowest BCUT2D eigenvalue weighted by atomic mass is 9.75. The molecule has 0 unspecified atom stereocenters. The van der Waals surface area contributed by atoms with Crippen LogP contribution in [0.25, 0.3) is 0 Å². The van der Waals surface area contributed by atoms with Crippen molar-refractivity contribution < 1.29 is 0 Å². The van der Waals surface area contributed by atoms with Crippen molar-refractivity contribution in [3.05, 3.63) is 34.9 Å². The van der Waals surface area contributed by atoms with Crippen molar-refractivity contribution in [2.24, 2.45) is 0 Å². The van der Waals surface area contributed by atoms with Gasteiger partial charge in [0.25, 0.3) is 0 Å². The summed E-state index contributed by atoms with van der Waals surface area (Å²) in [4.78, 5) is 0.